The van der Waals surface area contributed by atoms with E-state index in [1.54, 1.807) is 28.6 Å². The highest BCUT2D eigenvalue weighted by Gasteiger charge is 2.26. The molecule has 0 unspecified atom stereocenters. The molecule has 3 aromatic rings. The number of carbonyl (C=O) groups is 1. The van der Waals surface area contributed by atoms with Crippen molar-refractivity contribution < 1.29 is 17.7 Å². The molecule has 1 amide bonds. The van der Waals surface area contributed by atoms with Crippen molar-refractivity contribution in [2.45, 2.75) is 50.8 Å². The lowest BCUT2D eigenvalue weighted by atomic mass is 10.1. The molecule has 1 fully saturated rings. The van der Waals surface area contributed by atoms with E-state index in [-0.39, 0.29) is 17.2 Å². The molecule has 0 saturated carbocycles. The van der Waals surface area contributed by atoms with Gasteiger partial charge in [-0.25, -0.2) is 8.42 Å². The molecule has 174 valence electrons. The first-order valence-electron chi connectivity index (χ1n) is 11.1. The third-order valence-corrected chi connectivity index (χ3v) is 7.80. The van der Waals surface area contributed by atoms with Crippen LogP contribution in [0.4, 0.5) is 5.69 Å². The molecular weight excluding hydrogens is 440 g/mol. The molecule has 1 aliphatic rings. The molecule has 1 aliphatic heterocycles. The molecule has 0 radical (unpaired) electrons. The van der Waals surface area contributed by atoms with Crippen molar-refractivity contribution in [3.63, 3.8) is 0 Å². The van der Waals surface area contributed by atoms with Crippen LogP contribution in [0.3, 0.4) is 0 Å². The number of piperidine rings is 1. The Morgan fingerprint density at radius 3 is 2.45 bits per heavy atom. The zero-order valence-corrected chi connectivity index (χ0v) is 19.7. The zero-order chi connectivity index (χ0) is 23.4. The number of nitrogens with zero attached hydrogens (tertiary/aromatic N) is 3. The smallest absolute Gasteiger partial charge is 0.243 e. The average molecular weight is 469 g/mol. The Balaban J connectivity index is 1.36. The lowest BCUT2D eigenvalue weighted by molar-refractivity contribution is -0.116. The van der Waals surface area contributed by atoms with Gasteiger partial charge in [-0.3, -0.25) is 4.79 Å². The number of hydrogen-bond acceptors (Lipinski definition) is 6. The lowest BCUT2D eigenvalue weighted by Crippen LogP contribution is -2.35. The minimum atomic E-state index is -3.48. The second-order valence-electron chi connectivity index (χ2n) is 8.35. The lowest BCUT2D eigenvalue weighted by Gasteiger charge is -2.25. The van der Waals surface area contributed by atoms with Crippen LogP contribution in [-0.2, 0) is 21.2 Å². The van der Waals surface area contributed by atoms with Crippen LogP contribution in [0.25, 0.3) is 11.4 Å². The summed E-state index contributed by atoms with van der Waals surface area (Å²) in [7, 11) is -3.48. The van der Waals surface area contributed by atoms with E-state index in [0.717, 1.165) is 30.5 Å². The maximum Gasteiger partial charge on any atom is 0.243 e. The summed E-state index contributed by atoms with van der Waals surface area (Å²) in [4.78, 5) is 16.9. The van der Waals surface area contributed by atoms with E-state index in [4.69, 9.17) is 4.52 Å². The molecule has 4 rings (SSSR count). The van der Waals surface area contributed by atoms with Gasteiger partial charge in [0, 0.05) is 37.2 Å². The largest absolute Gasteiger partial charge is 0.339 e. The molecule has 33 heavy (non-hydrogen) atoms. The van der Waals surface area contributed by atoms with Gasteiger partial charge >= 0.3 is 0 Å². The molecule has 2 heterocycles. The van der Waals surface area contributed by atoms with Gasteiger partial charge in [0.05, 0.1) is 4.90 Å². The standard InChI is InChI=1S/C24H28N4O4S/c1-17-6-9-20(16-18(17)2)25-22(29)12-13-23-26-24(27-32-23)19-7-10-21(11-8-19)33(30,31)28-14-4-3-5-15-28/h6-11,16H,3-5,12-15H2,1-2H3,(H,25,29). The van der Waals surface area contributed by atoms with Gasteiger partial charge in [0.25, 0.3) is 0 Å². The Labute approximate surface area is 194 Å². The molecule has 0 spiro atoms. The van der Waals surface area contributed by atoms with Gasteiger partial charge in [0.2, 0.25) is 27.6 Å². The van der Waals surface area contributed by atoms with E-state index in [2.05, 4.69) is 15.5 Å². The van der Waals surface area contributed by atoms with Crippen molar-refractivity contribution in [3.8, 4) is 11.4 Å². The second-order valence-corrected chi connectivity index (χ2v) is 10.3. The van der Waals surface area contributed by atoms with Gasteiger partial charge in [-0.15, -0.1) is 0 Å². The normalized spacial score (nSPS) is 14.8. The Hall–Kier alpha value is -3.04. The maximum atomic E-state index is 12.8. The van der Waals surface area contributed by atoms with Crippen molar-refractivity contribution in [1.82, 2.24) is 14.4 Å². The van der Waals surface area contributed by atoms with E-state index < -0.39 is 10.0 Å². The van der Waals surface area contributed by atoms with Gasteiger partial charge < -0.3 is 9.84 Å². The monoisotopic (exact) mass is 468 g/mol. The number of carbonyl (C=O) groups excluding carboxylic acids is 1. The minimum Gasteiger partial charge on any atom is -0.339 e. The SMILES string of the molecule is Cc1ccc(NC(=O)CCc2nc(-c3ccc(S(=O)(=O)N4CCCCC4)cc3)no2)cc1C. The van der Waals surface area contributed by atoms with E-state index in [1.807, 2.05) is 32.0 Å². The van der Waals surface area contributed by atoms with Crippen molar-refractivity contribution >= 4 is 21.6 Å². The highest BCUT2D eigenvalue weighted by molar-refractivity contribution is 7.89. The number of aromatic nitrogens is 2. The number of hydrogen-bond donors (Lipinski definition) is 1. The van der Waals surface area contributed by atoms with Gasteiger partial charge in [-0.05, 0) is 74.2 Å². The third-order valence-electron chi connectivity index (χ3n) is 5.89. The summed E-state index contributed by atoms with van der Waals surface area (Å²) in [5, 5.41) is 6.85. The summed E-state index contributed by atoms with van der Waals surface area (Å²) in [6, 6.07) is 12.3. The van der Waals surface area contributed by atoms with Crippen LogP contribution >= 0.6 is 0 Å². The highest BCUT2D eigenvalue weighted by Crippen LogP contribution is 2.24. The van der Waals surface area contributed by atoms with Crippen LogP contribution in [0.1, 0.15) is 42.7 Å². The number of anilines is 1. The van der Waals surface area contributed by atoms with E-state index in [9.17, 15) is 13.2 Å². The van der Waals surface area contributed by atoms with Crippen LogP contribution in [0.15, 0.2) is 51.9 Å². The zero-order valence-electron chi connectivity index (χ0n) is 18.9. The summed E-state index contributed by atoms with van der Waals surface area (Å²) in [6.45, 7) is 5.15. The Morgan fingerprint density at radius 2 is 1.76 bits per heavy atom. The molecule has 9 heteroatoms. The van der Waals surface area contributed by atoms with Gasteiger partial charge in [0.15, 0.2) is 0 Å². The van der Waals surface area contributed by atoms with Crippen molar-refractivity contribution in [2.75, 3.05) is 18.4 Å². The minimum absolute atomic E-state index is 0.134. The summed E-state index contributed by atoms with van der Waals surface area (Å²) < 4.78 is 32.4. The second kappa shape index (κ2) is 9.84. The number of benzene rings is 2. The molecule has 0 bridgehead atoms. The molecule has 8 nitrogen and oxygen atoms in total. The van der Waals surface area contributed by atoms with Gasteiger partial charge in [-0.2, -0.15) is 9.29 Å². The van der Waals surface area contributed by atoms with E-state index in [1.165, 1.54) is 5.56 Å². The predicted molar refractivity (Wildman–Crippen MR) is 125 cm³/mol. The van der Waals surface area contributed by atoms with Crippen LogP contribution in [-0.4, -0.2) is 41.9 Å². The molecule has 1 aromatic heterocycles. The first-order chi connectivity index (χ1) is 15.8. The van der Waals surface area contributed by atoms with Crippen LogP contribution < -0.4 is 5.32 Å². The third kappa shape index (κ3) is 5.48. The predicted octanol–water partition coefficient (Wildman–Crippen LogP) is 4.10. The number of sulfonamides is 1. The first-order valence-corrected chi connectivity index (χ1v) is 12.6. The Morgan fingerprint density at radius 1 is 1.03 bits per heavy atom. The number of rotatable bonds is 7. The molecule has 1 saturated heterocycles. The van der Waals surface area contributed by atoms with E-state index in [0.29, 0.717) is 36.8 Å². The number of amides is 1. The maximum absolute atomic E-state index is 12.8. The van der Waals surface area contributed by atoms with Gasteiger partial charge in [-0.1, -0.05) is 17.6 Å². The first kappa shape index (κ1) is 23.1. The number of aryl methyl sites for hydroxylation is 3. The van der Waals surface area contributed by atoms with E-state index >= 15 is 0 Å². The Kier molecular flexibility index (Phi) is 6.90. The quantitative estimate of drug-likeness (QED) is 0.560. The van der Waals surface area contributed by atoms with Crippen molar-refractivity contribution in [3.05, 3.63) is 59.5 Å². The topological polar surface area (TPSA) is 105 Å². The summed E-state index contributed by atoms with van der Waals surface area (Å²) >= 11 is 0. The fraction of sp³-hybridized carbons (Fsp3) is 0.375. The molecule has 0 aliphatic carbocycles. The van der Waals surface area contributed by atoms with Crippen molar-refractivity contribution in [2.24, 2.45) is 0 Å². The van der Waals surface area contributed by atoms with Crippen LogP contribution in [0.5, 0.6) is 0 Å². The van der Waals surface area contributed by atoms with Gasteiger partial charge in [0.1, 0.15) is 0 Å². The molecule has 1 N–H and O–H groups in total. The highest BCUT2D eigenvalue weighted by atomic mass is 32.2. The molecule has 0 atom stereocenters. The summed E-state index contributed by atoms with van der Waals surface area (Å²) in [5.41, 5.74) is 3.70. The fourth-order valence-electron chi connectivity index (χ4n) is 3.77. The molecular formula is C24H28N4O4S. The van der Waals surface area contributed by atoms with Crippen molar-refractivity contribution in [1.29, 1.82) is 0 Å². The summed E-state index contributed by atoms with van der Waals surface area (Å²) in [6.07, 6.45) is 3.38. The number of nitrogens with one attached hydrogen (secondary N) is 1. The average Bonchev–Trinajstić information content (AvgIpc) is 3.30. The fourth-order valence-corrected chi connectivity index (χ4v) is 5.28. The summed E-state index contributed by atoms with van der Waals surface area (Å²) in [5.74, 6) is 0.581. The van der Waals surface area contributed by atoms with Crippen LogP contribution in [0.2, 0.25) is 0 Å². The Bertz CT molecular complexity index is 1230. The van der Waals surface area contributed by atoms with Crippen LogP contribution in [0, 0.1) is 13.8 Å². The molecule has 2 aromatic carbocycles.